The number of hydrogen-bond donors (Lipinski definition) is 1. The highest BCUT2D eigenvalue weighted by molar-refractivity contribution is 7.99. The van der Waals surface area contributed by atoms with Crippen molar-refractivity contribution in [2.24, 2.45) is 11.7 Å². The van der Waals surface area contributed by atoms with Gasteiger partial charge in [-0.25, -0.2) is 0 Å². The zero-order valence-corrected chi connectivity index (χ0v) is 9.84. The summed E-state index contributed by atoms with van der Waals surface area (Å²) in [6.45, 7) is 0.672. The molecular weight excluding hydrogens is 206 g/mol. The minimum atomic E-state index is 0.348. The maximum atomic E-state index is 5.77. The molecule has 84 valence electrons. The van der Waals surface area contributed by atoms with Crippen LogP contribution in [0.15, 0.2) is 22.8 Å². The van der Waals surface area contributed by atoms with E-state index in [0.29, 0.717) is 11.8 Å². The molecule has 1 aliphatic carbocycles. The summed E-state index contributed by atoms with van der Waals surface area (Å²) in [6, 6.07) is 3.97. The van der Waals surface area contributed by atoms with Gasteiger partial charge in [0.2, 0.25) is 0 Å². The Morgan fingerprint density at radius 1 is 1.47 bits per heavy atom. The molecular formula is C12H19NOS. The van der Waals surface area contributed by atoms with Crippen molar-refractivity contribution < 1.29 is 4.42 Å². The lowest BCUT2D eigenvalue weighted by Crippen LogP contribution is -2.11. The molecule has 2 nitrogen and oxygen atoms in total. The van der Waals surface area contributed by atoms with Crippen LogP contribution in [-0.2, 0) is 0 Å². The standard InChI is InChI=1S/C12H19NOS/c13-8-12(11-6-3-7-14-11)15-9-10-4-1-2-5-10/h3,6-7,10,12H,1-2,4-5,8-9,13H2. The molecule has 1 aromatic rings. The second-order valence-electron chi connectivity index (χ2n) is 4.22. The fraction of sp³-hybridized carbons (Fsp3) is 0.667. The third-order valence-corrected chi connectivity index (χ3v) is 4.57. The van der Waals surface area contributed by atoms with E-state index in [0.717, 1.165) is 11.7 Å². The van der Waals surface area contributed by atoms with E-state index in [-0.39, 0.29) is 0 Å². The Morgan fingerprint density at radius 2 is 2.27 bits per heavy atom. The van der Waals surface area contributed by atoms with E-state index < -0.39 is 0 Å². The summed E-state index contributed by atoms with van der Waals surface area (Å²) in [7, 11) is 0. The summed E-state index contributed by atoms with van der Waals surface area (Å²) in [5.74, 6) is 3.18. The summed E-state index contributed by atoms with van der Waals surface area (Å²) < 4.78 is 5.40. The largest absolute Gasteiger partial charge is 0.468 e. The van der Waals surface area contributed by atoms with Crippen LogP contribution in [0.3, 0.4) is 0 Å². The Balaban J connectivity index is 1.80. The van der Waals surface area contributed by atoms with Gasteiger partial charge in [0.05, 0.1) is 11.5 Å². The van der Waals surface area contributed by atoms with E-state index in [1.165, 1.54) is 31.4 Å². The predicted molar refractivity (Wildman–Crippen MR) is 64.9 cm³/mol. The lowest BCUT2D eigenvalue weighted by molar-refractivity contribution is 0.506. The highest BCUT2D eigenvalue weighted by Gasteiger charge is 2.19. The maximum Gasteiger partial charge on any atom is 0.118 e. The summed E-state index contributed by atoms with van der Waals surface area (Å²) in [5, 5.41) is 0.348. The van der Waals surface area contributed by atoms with Crippen molar-refractivity contribution in [3.05, 3.63) is 24.2 Å². The average molecular weight is 225 g/mol. The molecule has 1 fully saturated rings. The van der Waals surface area contributed by atoms with E-state index in [9.17, 15) is 0 Å². The first-order chi connectivity index (χ1) is 7.40. The Hall–Kier alpha value is -0.410. The molecule has 15 heavy (non-hydrogen) atoms. The van der Waals surface area contributed by atoms with Crippen molar-refractivity contribution in [2.45, 2.75) is 30.9 Å². The molecule has 2 rings (SSSR count). The Labute approximate surface area is 95.6 Å². The van der Waals surface area contributed by atoms with Gasteiger partial charge in [0, 0.05) is 6.54 Å². The van der Waals surface area contributed by atoms with Crippen molar-refractivity contribution in [1.29, 1.82) is 0 Å². The number of furan rings is 1. The molecule has 0 amide bonds. The van der Waals surface area contributed by atoms with Crippen LogP contribution in [0.1, 0.15) is 36.7 Å². The topological polar surface area (TPSA) is 39.2 Å². The van der Waals surface area contributed by atoms with Crippen LogP contribution in [-0.4, -0.2) is 12.3 Å². The Kier molecular flexibility index (Phi) is 4.15. The van der Waals surface area contributed by atoms with Crippen molar-refractivity contribution in [2.75, 3.05) is 12.3 Å². The third kappa shape index (κ3) is 3.02. The van der Waals surface area contributed by atoms with Gasteiger partial charge in [-0.1, -0.05) is 12.8 Å². The van der Waals surface area contributed by atoms with Gasteiger partial charge in [-0.05, 0) is 36.6 Å². The molecule has 2 N–H and O–H groups in total. The maximum absolute atomic E-state index is 5.77. The van der Waals surface area contributed by atoms with Gasteiger partial charge in [0.1, 0.15) is 5.76 Å². The number of nitrogens with two attached hydrogens (primary N) is 1. The van der Waals surface area contributed by atoms with Gasteiger partial charge in [-0.15, -0.1) is 11.8 Å². The summed E-state index contributed by atoms with van der Waals surface area (Å²) >= 11 is 1.96. The number of thioether (sulfide) groups is 1. The molecule has 1 unspecified atom stereocenters. The number of hydrogen-bond acceptors (Lipinski definition) is 3. The van der Waals surface area contributed by atoms with Crippen LogP contribution in [0.5, 0.6) is 0 Å². The van der Waals surface area contributed by atoms with Gasteiger partial charge >= 0.3 is 0 Å². The van der Waals surface area contributed by atoms with E-state index in [4.69, 9.17) is 10.2 Å². The minimum Gasteiger partial charge on any atom is -0.468 e. The molecule has 0 bridgehead atoms. The fourth-order valence-electron chi connectivity index (χ4n) is 2.17. The molecule has 1 aliphatic rings. The lowest BCUT2D eigenvalue weighted by atomic mass is 10.1. The van der Waals surface area contributed by atoms with Crippen molar-refractivity contribution in [3.8, 4) is 0 Å². The van der Waals surface area contributed by atoms with E-state index in [2.05, 4.69) is 0 Å². The molecule has 1 atom stereocenters. The SMILES string of the molecule is NCC(SCC1CCCC1)c1ccco1. The van der Waals surface area contributed by atoms with Crippen molar-refractivity contribution >= 4 is 11.8 Å². The van der Waals surface area contributed by atoms with Gasteiger partial charge in [0.15, 0.2) is 0 Å². The van der Waals surface area contributed by atoms with Crippen LogP contribution >= 0.6 is 11.8 Å². The van der Waals surface area contributed by atoms with Crippen LogP contribution in [0.25, 0.3) is 0 Å². The van der Waals surface area contributed by atoms with Crippen molar-refractivity contribution in [1.82, 2.24) is 0 Å². The van der Waals surface area contributed by atoms with Crippen LogP contribution in [0.2, 0.25) is 0 Å². The van der Waals surface area contributed by atoms with Crippen LogP contribution in [0.4, 0.5) is 0 Å². The third-order valence-electron chi connectivity index (χ3n) is 3.08. The molecule has 1 aromatic heterocycles. The molecule has 1 heterocycles. The van der Waals surface area contributed by atoms with Gasteiger partial charge in [0.25, 0.3) is 0 Å². The molecule has 0 radical (unpaired) electrons. The molecule has 1 saturated carbocycles. The molecule has 0 aromatic carbocycles. The molecule has 0 saturated heterocycles. The first-order valence-corrected chi connectivity index (χ1v) is 6.80. The van der Waals surface area contributed by atoms with E-state index in [1.54, 1.807) is 6.26 Å². The van der Waals surface area contributed by atoms with Crippen LogP contribution < -0.4 is 5.73 Å². The molecule has 0 spiro atoms. The quantitative estimate of drug-likeness (QED) is 0.836. The van der Waals surface area contributed by atoms with Crippen molar-refractivity contribution in [3.63, 3.8) is 0 Å². The van der Waals surface area contributed by atoms with Gasteiger partial charge in [-0.3, -0.25) is 0 Å². The normalized spacial score (nSPS) is 19.5. The second kappa shape index (κ2) is 5.61. The van der Waals surface area contributed by atoms with Gasteiger partial charge in [-0.2, -0.15) is 0 Å². The van der Waals surface area contributed by atoms with E-state index in [1.807, 2.05) is 23.9 Å². The Bertz CT molecular complexity index is 267. The number of rotatable bonds is 5. The summed E-state index contributed by atoms with van der Waals surface area (Å²) in [5.41, 5.74) is 5.77. The smallest absolute Gasteiger partial charge is 0.118 e. The molecule has 0 aliphatic heterocycles. The fourth-order valence-corrected chi connectivity index (χ4v) is 3.44. The summed E-state index contributed by atoms with van der Waals surface area (Å²) in [6.07, 6.45) is 7.37. The lowest BCUT2D eigenvalue weighted by Gasteiger charge is -2.14. The van der Waals surface area contributed by atoms with E-state index >= 15 is 0 Å². The first-order valence-electron chi connectivity index (χ1n) is 5.75. The minimum absolute atomic E-state index is 0.348. The van der Waals surface area contributed by atoms with Gasteiger partial charge < -0.3 is 10.2 Å². The highest BCUT2D eigenvalue weighted by atomic mass is 32.2. The zero-order valence-electron chi connectivity index (χ0n) is 9.02. The van der Waals surface area contributed by atoms with Crippen LogP contribution in [0, 0.1) is 5.92 Å². The average Bonchev–Trinajstić information content (AvgIpc) is 2.90. The summed E-state index contributed by atoms with van der Waals surface area (Å²) in [4.78, 5) is 0. The predicted octanol–water partition coefficient (Wildman–Crippen LogP) is 3.20. The highest BCUT2D eigenvalue weighted by Crippen LogP contribution is 2.34. The monoisotopic (exact) mass is 225 g/mol. The zero-order chi connectivity index (χ0) is 10.5. The second-order valence-corrected chi connectivity index (χ2v) is 5.46. The molecule has 3 heteroatoms. The Morgan fingerprint density at radius 3 is 2.87 bits per heavy atom. The first kappa shape index (κ1) is 11.1.